The molecule has 3 aromatic rings. The van der Waals surface area contributed by atoms with Gasteiger partial charge in [-0.3, -0.25) is 9.59 Å². The zero-order valence-electron chi connectivity index (χ0n) is 17.4. The van der Waals surface area contributed by atoms with Crippen molar-refractivity contribution in [1.82, 2.24) is 15.1 Å². The van der Waals surface area contributed by atoms with E-state index in [-0.39, 0.29) is 23.8 Å². The molecule has 0 spiro atoms. The van der Waals surface area contributed by atoms with Crippen LogP contribution in [0.5, 0.6) is 0 Å². The summed E-state index contributed by atoms with van der Waals surface area (Å²) < 4.78 is 14.3. The van der Waals surface area contributed by atoms with E-state index in [1.54, 1.807) is 30.3 Å². The number of rotatable bonds is 6. The molecule has 0 atom stereocenters. The molecule has 0 unspecified atom stereocenters. The second-order valence-electron chi connectivity index (χ2n) is 7.54. The maximum Gasteiger partial charge on any atom is 0.267 e. The van der Waals surface area contributed by atoms with Crippen molar-refractivity contribution in [3.63, 3.8) is 0 Å². The second kappa shape index (κ2) is 9.82. The zero-order valence-corrected chi connectivity index (χ0v) is 18.1. The average Bonchev–Trinajstić information content (AvgIpc) is 2.80. The minimum atomic E-state index is -0.336. The molecule has 2 heterocycles. The van der Waals surface area contributed by atoms with Crippen LogP contribution in [0, 0.1) is 5.82 Å². The molecule has 0 radical (unpaired) electrons. The topological polar surface area (TPSA) is 70.5 Å². The number of nitrogens with one attached hydrogen (secondary N) is 1. The van der Waals surface area contributed by atoms with Gasteiger partial charge in [-0.2, -0.15) is 5.10 Å². The summed E-state index contributed by atoms with van der Waals surface area (Å²) in [5.41, 5.74) is 1.51. The molecule has 1 aliphatic heterocycles. The Bertz CT molecular complexity index is 1140. The van der Waals surface area contributed by atoms with E-state index in [1.165, 1.54) is 22.9 Å². The summed E-state index contributed by atoms with van der Waals surface area (Å²) in [6, 6.07) is 16.8. The largest absolute Gasteiger partial charge is 0.368 e. The van der Waals surface area contributed by atoms with Gasteiger partial charge >= 0.3 is 0 Å². The maximum atomic E-state index is 13.2. The summed E-state index contributed by atoms with van der Waals surface area (Å²) in [6.07, 6.45) is 0. The fourth-order valence-corrected chi connectivity index (χ4v) is 3.82. The van der Waals surface area contributed by atoms with Crippen LogP contribution in [-0.4, -0.2) is 41.9 Å². The third kappa shape index (κ3) is 5.45. The third-order valence-electron chi connectivity index (χ3n) is 5.32. The first-order valence-electron chi connectivity index (χ1n) is 10.3. The van der Waals surface area contributed by atoms with Crippen molar-refractivity contribution in [2.75, 3.05) is 36.0 Å². The number of carbonyl (C=O) groups is 1. The first-order chi connectivity index (χ1) is 15.5. The highest BCUT2D eigenvalue weighted by Gasteiger charge is 2.19. The van der Waals surface area contributed by atoms with E-state index in [2.05, 4.69) is 20.2 Å². The molecule has 166 valence electrons. The number of aromatic nitrogens is 2. The number of hydrogen-bond acceptors (Lipinski definition) is 5. The average molecular weight is 456 g/mol. The summed E-state index contributed by atoms with van der Waals surface area (Å²) in [5.74, 6) is 0.0827. The quantitative estimate of drug-likeness (QED) is 0.619. The molecule has 0 aliphatic carbocycles. The molecule has 1 fully saturated rings. The molecule has 1 amide bonds. The number of halogens is 2. The molecule has 0 saturated carbocycles. The summed E-state index contributed by atoms with van der Waals surface area (Å²) in [6.45, 7) is 3.04. The second-order valence-corrected chi connectivity index (χ2v) is 7.98. The van der Waals surface area contributed by atoms with E-state index < -0.39 is 0 Å². The van der Waals surface area contributed by atoms with Crippen molar-refractivity contribution in [1.29, 1.82) is 0 Å². The van der Waals surface area contributed by atoms with Gasteiger partial charge in [0.2, 0.25) is 5.91 Å². The van der Waals surface area contributed by atoms with Gasteiger partial charge in [0.05, 0.1) is 0 Å². The highest BCUT2D eigenvalue weighted by Crippen LogP contribution is 2.19. The van der Waals surface area contributed by atoms with Crippen LogP contribution in [0.15, 0.2) is 65.5 Å². The lowest BCUT2D eigenvalue weighted by Crippen LogP contribution is -2.47. The van der Waals surface area contributed by atoms with Crippen molar-refractivity contribution in [3.8, 4) is 0 Å². The highest BCUT2D eigenvalue weighted by molar-refractivity contribution is 6.30. The minimum absolute atomic E-state index is 0.164. The van der Waals surface area contributed by atoms with Gasteiger partial charge in [-0.1, -0.05) is 23.7 Å². The molecule has 9 heteroatoms. The van der Waals surface area contributed by atoms with Crippen LogP contribution < -0.4 is 20.7 Å². The molecular formula is C23H23ClFN5O2. The number of piperazine rings is 1. The van der Waals surface area contributed by atoms with Gasteiger partial charge in [-0.15, -0.1) is 0 Å². The van der Waals surface area contributed by atoms with Crippen LogP contribution in [0.4, 0.5) is 15.9 Å². The predicted molar refractivity (Wildman–Crippen MR) is 123 cm³/mol. The summed E-state index contributed by atoms with van der Waals surface area (Å²) in [4.78, 5) is 28.8. The first-order valence-corrected chi connectivity index (χ1v) is 10.7. The van der Waals surface area contributed by atoms with E-state index in [9.17, 15) is 14.0 Å². The molecule has 1 aromatic heterocycles. The monoisotopic (exact) mass is 455 g/mol. The summed E-state index contributed by atoms with van der Waals surface area (Å²) in [7, 11) is 0. The normalized spacial score (nSPS) is 13.8. The third-order valence-corrected chi connectivity index (χ3v) is 5.56. The Balaban J connectivity index is 1.35. The number of nitrogens with zero attached hydrogens (tertiary/aromatic N) is 4. The standard InChI is InChI=1S/C23H23ClFN5O2/c24-18-3-1-2-17(14-18)15-26-22(31)16-30-23(32)9-8-21(27-30)29-12-10-28(11-13-29)20-6-4-19(25)5-7-20/h1-9,14H,10-13,15-16H2,(H,26,31). The lowest BCUT2D eigenvalue weighted by atomic mass is 10.2. The first kappa shape index (κ1) is 21.8. The van der Waals surface area contributed by atoms with Gasteiger partial charge in [0, 0.05) is 49.5 Å². The van der Waals surface area contributed by atoms with Crippen LogP contribution in [0.25, 0.3) is 0 Å². The molecule has 2 aromatic carbocycles. The summed E-state index contributed by atoms with van der Waals surface area (Å²) in [5, 5.41) is 7.78. The summed E-state index contributed by atoms with van der Waals surface area (Å²) >= 11 is 5.96. The van der Waals surface area contributed by atoms with Crippen LogP contribution in [0.1, 0.15) is 5.56 Å². The Labute approximate surface area is 190 Å². The Morgan fingerprint density at radius 1 is 1.00 bits per heavy atom. The van der Waals surface area contributed by atoms with Crippen molar-refractivity contribution in [3.05, 3.63) is 87.4 Å². The van der Waals surface area contributed by atoms with E-state index in [0.29, 0.717) is 30.5 Å². The molecule has 1 saturated heterocycles. The number of carbonyl (C=O) groups excluding carboxylic acids is 1. The SMILES string of the molecule is O=C(Cn1nc(N2CCN(c3ccc(F)cc3)CC2)ccc1=O)NCc1cccc(Cl)c1. The molecule has 32 heavy (non-hydrogen) atoms. The maximum absolute atomic E-state index is 13.2. The van der Waals surface area contributed by atoms with Gasteiger partial charge in [0.1, 0.15) is 18.2 Å². The predicted octanol–water partition coefficient (Wildman–Crippen LogP) is 2.68. The molecule has 1 aliphatic rings. The van der Waals surface area contributed by atoms with Crippen molar-refractivity contribution < 1.29 is 9.18 Å². The smallest absolute Gasteiger partial charge is 0.267 e. The fraction of sp³-hybridized carbons (Fsp3) is 0.261. The van der Waals surface area contributed by atoms with E-state index in [4.69, 9.17) is 11.6 Å². The van der Waals surface area contributed by atoms with Gasteiger partial charge in [-0.25, -0.2) is 9.07 Å². The van der Waals surface area contributed by atoms with Gasteiger partial charge in [-0.05, 0) is 48.0 Å². The lowest BCUT2D eigenvalue weighted by molar-refractivity contribution is -0.122. The van der Waals surface area contributed by atoms with Crippen LogP contribution >= 0.6 is 11.6 Å². The van der Waals surface area contributed by atoms with Crippen molar-refractivity contribution >= 4 is 29.0 Å². The van der Waals surface area contributed by atoms with Crippen molar-refractivity contribution in [2.45, 2.75) is 13.1 Å². The van der Waals surface area contributed by atoms with Gasteiger partial charge in [0.25, 0.3) is 5.56 Å². The van der Waals surface area contributed by atoms with Crippen molar-refractivity contribution in [2.24, 2.45) is 0 Å². The number of hydrogen-bond donors (Lipinski definition) is 1. The Morgan fingerprint density at radius 3 is 2.44 bits per heavy atom. The molecular weight excluding hydrogens is 433 g/mol. The van der Waals surface area contributed by atoms with Gasteiger partial charge in [0.15, 0.2) is 0 Å². The number of benzene rings is 2. The molecule has 0 bridgehead atoms. The molecule has 4 rings (SSSR count). The Hall–Kier alpha value is -3.39. The Morgan fingerprint density at radius 2 is 1.72 bits per heavy atom. The zero-order chi connectivity index (χ0) is 22.5. The van der Waals surface area contributed by atoms with Crippen LogP contribution in [-0.2, 0) is 17.9 Å². The molecule has 7 nitrogen and oxygen atoms in total. The van der Waals surface area contributed by atoms with E-state index >= 15 is 0 Å². The lowest BCUT2D eigenvalue weighted by Gasteiger charge is -2.36. The minimum Gasteiger partial charge on any atom is -0.368 e. The van der Waals surface area contributed by atoms with Gasteiger partial charge < -0.3 is 15.1 Å². The van der Waals surface area contributed by atoms with E-state index in [0.717, 1.165) is 24.3 Å². The van der Waals surface area contributed by atoms with Crippen LogP contribution in [0.2, 0.25) is 5.02 Å². The number of anilines is 2. The highest BCUT2D eigenvalue weighted by atomic mass is 35.5. The van der Waals surface area contributed by atoms with Crippen LogP contribution in [0.3, 0.4) is 0 Å². The Kier molecular flexibility index (Phi) is 6.70. The number of amides is 1. The fourth-order valence-electron chi connectivity index (χ4n) is 3.61. The van der Waals surface area contributed by atoms with E-state index in [1.807, 2.05) is 12.1 Å². The molecule has 1 N–H and O–H groups in total.